The number of piperidine rings is 1. The highest BCUT2D eigenvalue weighted by atomic mass is 16.5. The zero-order valence-corrected chi connectivity index (χ0v) is 15.8. The molecular weight excluding hydrogens is 354 g/mol. The van der Waals surface area contributed by atoms with Crippen LogP contribution in [0.3, 0.4) is 0 Å². The lowest BCUT2D eigenvalue weighted by atomic mass is 9.94. The highest BCUT2D eigenvalue weighted by molar-refractivity contribution is 5.46. The molecule has 7 heteroatoms. The number of methoxy groups -OCH3 is 1. The largest absolute Gasteiger partial charge is 0.497 e. The monoisotopic (exact) mass is 377 g/mol. The first kappa shape index (κ1) is 18.3. The third-order valence-electron chi connectivity index (χ3n) is 5.03. The van der Waals surface area contributed by atoms with Gasteiger partial charge in [0.15, 0.2) is 5.82 Å². The van der Waals surface area contributed by atoms with Gasteiger partial charge in [-0.25, -0.2) is 9.97 Å². The molecule has 0 amide bonds. The van der Waals surface area contributed by atoms with E-state index in [0.717, 1.165) is 43.9 Å². The first-order valence-corrected chi connectivity index (χ1v) is 9.44. The predicted octanol–water partition coefficient (Wildman–Crippen LogP) is 2.62. The van der Waals surface area contributed by atoms with E-state index in [9.17, 15) is 4.79 Å². The van der Waals surface area contributed by atoms with Crippen LogP contribution in [0, 0.1) is 0 Å². The van der Waals surface area contributed by atoms with Crippen LogP contribution in [-0.2, 0) is 6.54 Å². The van der Waals surface area contributed by atoms with Crippen LogP contribution in [0.5, 0.6) is 5.75 Å². The Kier molecular flexibility index (Phi) is 5.43. The molecule has 1 aliphatic heterocycles. The molecule has 0 bridgehead atoms. The third-order valence-corrected chi connectivity index (χ3v) is 5.03. The van der Waals surface area contributed by atoms with Gasteiger partial charge in [-0.05, 0) is 37.1 Å². The van der Waals surface area contributed by atoms with Gasteiger partial charge in [0, 0.05) is 37.5 Å². The van der Waals surface area contributed by atoms with Crippen LogP contribution in [0.4, 0.5) is 0 Å². The maximum atomic E-state index is 12.2. The number of hydrogen-bond acceptors (Lipinski definition) is 6. The van der Waals surface area contributed by atoms with Crippen molar-refractivity contribution >= 4 is 0 Å². The van der Waals surface area contributed by atoms with Gasteiger partial charge in [0.05, 0.1) is 19.0 Å². The van der Waals surface area contributed by atoms with Crippen LogP contribution in [-0.4, -0.2) is 45.0 Å². The lowest BCUT2D eigenvalue weighted by molar-refractivity contribution is 0.198. The molecule has 1 aliphatic rings. The van der Waals surface area contributed by atoms with E-state index in [0.29, 0.717) is 11.5 Å². The molecular formula is C21H23N5O2. The van der Waals surface area contributed by atoms with Crippen molar-refractivity contribution in [3.05, 3.63) is 70.5 Å². The van der Waals surface area contributed by atoms with Crippen LogP contribution in [0.1, 0.15) is 30.0 Å². The standard InChI is InChI=1S/C21H23N5O2/c1-28-17-6-2-4-15(10-17)13-26-9-3-5-16(14-26)18-11-20(27)25-21(24-18)19-12-22-7-8-23-19/h2,4,6-8,10-12,16H,3,5,9,13-14H2,1H3,(H,24,25,27). The normalized spacial score (nSPS) is 17.4. The topological polar surface area (TPSA) is 84.0 Å². The lowest BCUT2D eigenvalue weighted by Gasteiger charge is -2.32. The Balaban J connectivity index is 1.53. The molecule has 1 aromatic carbocycles. The van der Waals surface area contributed by atoms with Gasteiger partial charge < -0.3 is 9.72 Å². The van der Waals surface area contributed by atoms with E-state index in [2.05, 4.69) is 32.0 Å². The smallest absolute Gasteiger partial charge is 0.251 e. The molecule has 0 spiro atoms. The summed E-state index contributed by atoms with van der Waals surface area (Å²) < 4.78 is 5.33. The van der Waals surface area contributed by atoms with Crippen molar-refractivity contribution < 1.29 is 4.74 Å². The first-order chi connectivity index (χ1) is 13.7. The fourth-order valence-corrected chi connectivity index (χ4v) is 3.70. The number of aromatic amines is 1. The summed E-state index contributed by atoms with van der Waals surface area (Å²) >= 11 is 0. The van der Waals surface area contributed by atoms with E-state index in [1.807, 2.05) is 12.1 Å². The molecule has 7 nitrogen and oxygen atoms in total. The maximum Gasteiger partial charge on any atom is 0.251 e. The summed E-state index contributed by atoms with van der Waals surface area (Å²) in [6, 6.07) is 9.77. The summed E-state index contributed by atoms with van der Waals surface area (Å²) in [4.78, 5) is 30.4. The molecule has 4 rings (SSSR count). The van der Waals surface area contributed by atoms with Gasteiger partial charge >= 0.3 is 0 Å². The second-order valence-corrected chi connectivity index (χ2v) is 7.04. The van der Waals surface area contributed by atoms with Gasteiger partial charge in [0.2, 0.25) is 0 Å². The first-order valence-electron chi connectivity index (χ1n) is 9.44. The highest BCUT2D eigenvalue weighted by Gasteiger charge is 2.23. The number of likely N-dealkylation sites (tertiary alicyclic amines) is 1. The summed E-state index contributed by atoms with van der Waals surface area (Å²) in [7, 11) is 1.68. The lowest BCUT2D eigenvalue weighted by Crippen LogP contribution is -2.34. The Morgan fingerprint density at radius 3 is 3.04 bits per heavy atom. The Labute approximate surface area is 163 Å². The van der Waals surface area contributed by atoms with Gasteiger partial charge in [-0.2, -0.15) is 0 Å². The predicted molar refractivity (Wildman–Crippen MR) is 106 cm³/mol. The Hall–Kier alpha value is -3.06. The zero-order chi connectivity index (χ0) is 19.3. The van der Waals surface area contributed by atoms with Gasteiger partial charge in [-0.3, -0.25) is 14.7 Å². The average molecular weight is 377 g/mol. The van der Waals surface area contributed by atoms with E-state index < -0.39 is 0 Å². The zero-order valence-electron chi connectivity index (χ0n) is 15.8. The maximum absolute atomic E-state index is 12.2. The number of aromatic nitrogens is 4. The Morgan fingerprint density at radius 2 is 2.21 bits per heavy atom. The summed E-state index contributed by atoms with van der Waals surface area (Å²) in [5.74, 6) is 1.56. The van der Waals surface area contributed by atoms with Crippen molar-refractivity contribution in [1.29, 1.82) is 0 Å². The summed E-state index contributed by atoms with van der Waals surface area (Å²) in [6.07, 6.45) is 6.90. The van der Waals surface area contributed by atoms with Gasteiger partial charge in [-0.1, -0.05) is 12.1 Å². The second-order valence-electron chi connectivity index (χ2n) is 7.04. The van der Waals surface area contributed by atoms with Crippen LogP contribution >= 0.6 is 0 Å². The average Bonchev–Trinajstić information content (AvgIpc) is 2.74. The van der Waals surface area contributed by atoms with E-state index >= 15 is 0 Å². The Morgan fingerprint density at radius 1 is 1.29 bits per heavy atom. The fourth-order valence-electron chi connectivity index (χ4n) is 3.70. The number of H-pyrrole nitrogens is 1. The molecule has 28 heavy (non-hydrogen) atoms. The molecule has 1 saturated heterocycles. The summed E-state index contributed by atoms with van der Waals surface area (Å²) in [6.45, 7) is 2.76. The molecule has 0 aliphatic carbocycles. The van der Waals surface area contributed by atoms with Crippen LogP contribution in [0.25, 0.3) is 11.5 Å². The van der Waals surface area contributed by atoms with Crippen molar-refractivity contribution in [3.63, 3.8) is 0 Å². The molecule has 1 N–H and O–H groups in total. The quantitative estimate of drug-likeness (QED) is 0.736. The van der Waals surface area contributed by atoms with Crippen LogP contribution in [0.2, 0.25) is 0 Å². The molecule has 2 aromatic heterocycles. The van der Waals surface area contributed by atoms with Crippen LogP contribution in [0.15, 0.2) is 53.7 Å². The molecule has 3 heterocycles. The molecule has 3 aromatic rings. The van der Waals surface area contributed by atoms with E-state index in [4.69, 9.17) is 9.72 Å². The SMILES string of the molecule is COc1cccc(CN2CCCC(c3cc(=O)[nH]c(-c4cnccn4)n3)C2)c1. The molecule has 0 radical (unpaired) electrons. The minimum Gasteiger partial charge on any atom is -0.497 e. The number of nitrogens with zero attached hydrogens (tertiary/aromatic N) is 4. The highest BCUT2D eigenvalue weighted by Crippen LogP contribution is 2.27. The van der Waals surface area contributed by atoms with Crippen molar-refractivity contribution in [1.82, 2.24) is 24.8 Å². The second kappa shape index (κ2) is 8.31. The number of ether oxygens (including phenoxy) is 1. The molecule has 0 saturated carbocycles. The summed E-state index contributed by atoms with van der Waals surface area (Å²) in [5.41, 5.74) is 2.46. The molecule has 1 atom stereocenters. The Bertz CT molecular complexity index is 989. The third kappa shape index (κ3) is 4.26. The minimum absolute atomic E-state index is 0.157. The van der Waals surface area contributed by atoms with Crippen LogP contribution < -0.4 is 10.3 Å². The van der Waals surface area contributed by atoms with Crippen molar-refractivity contribution in [3.8, 4) is 17.3 Å². The van der Waals surface area contributed by atoms with Gasteiger partial charge in [0.25, 0.3) is 5.56 Å². The molecule has 1 fully saturated rings. The van der Waals surface area contributed by atoms with E-state index in [-0.39, 0.29) is 11.5 Å². The van der Waals surface area contributed by atoms with Crippen molar-refractivity contribution in [2.45, 2.75) is 25.3 Å². The van der Waals surface area contributed by atoms with E-state index in [1.165, 1.54) is 5.56 Å². The number of rotatable bonds is 5. The van der Waals surface area contributed by atoms with Crippen molar-refractivity contribution in [2.75, 3.05) is 20.2 Å². The number of nitrogens with one attached hydrogen (secondary N) is 1. The number of benzene rings is 1. The fraction of sp³-hybridized carbons (Fsp3) is 0.333. The summed E-state index contributed by atoms with van der Waals surface area (Å²) in [5, 5.41) is 0. The van der Waals surface area contributed by atoms with E-state index in [1.54, 1.807) is 31.8 Å². The molecule has 1 unspecified atom stereocenters. The molecule has 144 valence electrons. The van der Waals surface area contributed by atoms with Gasteiger partial charge in [-0.15, -0.1) is 0 Å². The minimum atomic E-state index is -0.157. The van der Waals surface area contributed by atoms with Crippen molar-refractivity contribution in [2.24, 2.45) is 0 Å². The van der Waals surface area contributed by atoms with Gasteiger partial charge in [0.1, 0.15) is 11.4 Å². The number of hydrogen-bond donors (Lipinski definition) is 1.